The molecule has 164 valence electrons. The molecule has 0 spiro atoms. The number of hydrogen-bond acceptors (Lipinski definition) is 4. The third kappa shape index (κ3) is 4.12. The summed E-state index contributed by atoms with van der Waals surface area (Å²) in [5, 5.41) is 3.12. The first-order valence-electron chi connectivity index (χ1n) is 11.1. The fourth-order valence-electron chi connectivity index (χ4n) is 4.99. The Hall–Kier alpha value is -1.93. The lowest BCUT2D eigenvalue weighted by Gasteiger charge is -2.28. The van der Waals surface area contributed by atoms with Crippen LogP contribution in [0.2, 0.25) is 0 Å². The zero-order chi connectivity index (χ0) is 21.3. The minimum absolute atomic E-state index is 0.145. The second-order valence-electron chi connectivity index (χ2n) is 8.71. The molecule has 2 fully saturated rings. The van der Waals surface area contributed by atoms with Crippen molar-refractivity contribution in [3.8, 4) is 0 Å². The van der Waals surface area contributed by atoms with Crippen molar-refractivity contribution in [3.63, 3.8) is 0 Å². The van der Waals surface area contributed by atoms with Gasteiger partial charge in [0, 0.05) is 38.2 Å². The molecule has 1 saturated heterocycles. The van der Waals surface area contributed by atoms with Gasteiger partial charge in [-0.15, -0.1) is 0 Å². The lowest BCUT2D eigenvalue weighted by atomic mass is 9.95. The number of carbonyl (C=O) groups excluding carboxylic acids is 2. The summed E-state index contributed by atoms with van der Waals surface area (Å²) in [7, 11) is -3.55. The standard InChI is InChI=1S/C22H31N3O4S/c1-16(26)25-20-11-10-19(30(28,29)24-12-6-3-7-13-24)14-17(20)15-21(25)22(27)23-18-8-4-2-5-9-18/h10-11,14,18,21H,2-9,12-13,15H2,1H3,(H,23,27). The first-order chi connectivity index (χ1) is 14.4. The van der Waals surface area contributed by atoms with Crippen molar-refractivity contribution in [3.05, 3.63) is 23.8 Å². The number of amides is 2. The molecule has 2 heterocycles. The summed E-state index contributed by atoms with van der Waals surface area (Å²) in [6, 6.07) is 4.45. The molecular weight excluding hydrogens is 402 g/mol. The average Bonchev–Trinajstić information content (AvgIpc) is 3.14. The van der Waals surface area contributed by atoms with Gasteiger partial charge in [-0.2, -0.15) is 4.31 Å². The highest BCUT2D eigenvalue weighted by Crippen LogP contribution is 2.35. The van der Waals surface area contributed by atoms with Crippen molar-refractivity contribution in [1.82, 2.24) is 9.62 Å². The molecule has 1 N–H and O–H groups in total. The van der Waals surface area contributed by atoms with Gasteiger partial charge in [0.05, 0.1) is 4.90 Å². The summed E-state index contributed by atoms with van der Waals surface area (Å²) in [5.74, 6) is -0.349. The van der Waals surface area contributed by atoms with E-state index in [-0.39, 0.29) is 22.8 Å². The Balaban J connectivity index is 1.57. The molecule has 30 heavy (non-hydrogen) atoms. The van der Waals surface area contributed by atoms with Crippen LogP contribution in [0.25, 0.3) is 0 Å². The summed E-state index contributed by atoms with van der Waals surface area (Å²) in [4.78, 5) is 27.1. The van der Waals surface area contributed by atoms with Gasteiger partial charge in [-0.25, -0.2) is 8.42 Å². The van der Waals surface area contributed by atoms with Crippen LogP contribution in [0.5, 0.6) is 0 Å². The molecule has 1 saturated carbocycles. The number of sulfonamides is 1. The van der Waals surface area contributed by atoms with Gasteiger partial charge < -0.3 is 5.32 Å². The predicted octanol–water partition coefficient (Wildman–Crippen LogP) is 2.59. The van der Waals surface area contributed by atoms with Gasteiger partial charge in [0.15, 0.2) is 0 Å². The summed E-state index contributed by atoms with van der Waals surface area (Å²) in [6.07, 6.45) is 8.55. The Kier molecular flexibility index (Phi) is 6.16. The monoisotopic (exact) mass is 433 g/mol. The van der Waals surface area contributed by atoms with Crippen molar-refractivity contribution in [2.75, 3.05) is 18.0 Å². The van der Waals surface area contributed by atoms with E-state index in [1.807, 2.05) is 0 Å². The molecule has 0 bridgehead atoms. The molecule has 1 aromatic carbocycles. The third-order valence-corrected chi connectivity index (χ3v) is 8.48. The molecule has 1 aliphatic carbocycles. The fraction of sp³-hybridized carbons (Fsp3) is 0.636. The summed E-state index contributed by atoms with van der Waals surface area (Å²) in [5.41, 5.74) is 1.39. The Morgan fingerprint density at radius 2 is 1.67 bits per heavy atom. The van der Waals surface area contributed by atoms with Gasteiger partial charge in [-0.05, 0) is 49.4 Å². The molecule has 8 heteroatoms. The topological polar surface area (TPSA) is 86.8 Å². The molecular formula is C22H31N3O4S. The Bertz CT molecular complexity index is 918. The number of anilines is 1. The van der Waals surface area contributed by atoms with Crippen molar-refractivity contribution < 1.29 is 18.0 Å². The molecule has 1 unspecified atom stereocenters. The van der Waals surface area contributed by atoms with Crippen LogP contribution in [-0.4, -0.2) is 49.7 Å². The fourth-order valence-corrected chi connectivity index (χ4v) is 6.55. The highest BCUT2D eigenvalue weighted by molar-refractivity contribution is 7.89. The van der Waals surface area contributed by atoms with E-state index in [9.17, 15) is 18.0 Å². The molecule has 2 amide bonds. The Morgan fingerprint density at radius 1 is 1.00 bits per heavy atom. The van der Waals surface area contributed by atoms with Gasteiger partial charge >= 0.3 is 0 Å². The zero-order valence-corrected chi connectivity index (χ0v) is 18.4. The number of benzene rings is 1. The highest BCUT2D eigenvalue weighted by Gasteiger charge is 2.38. The molecule has 0 aromatic heterocycles. The summed E-state index contributed by atoms with van der Waals surface area (Å²) in [6.45, 7) is 2.55. The molecule has 2 aliphatic heterocycles. The van der Waals surface area contributed by atoms with E-state index in [0.717, 1.165) is 50.5 Å². The summed E-state index contributed by atoms with van der Waals surface area (Å²) >= 11 is 0. The maximum Gasteiger partial charge on any atom is 0.243 e. The molecule has 4 rings (SSSR count). The molecule has 1 aromatic rings. The normalized spacial score (nSPS) is 23.2. The molecule has 0 radical (unpaired) electrons. The van der Waals surface area contributed by atoms with E-state index >= 15 is 0 Å². The van der Waals surface area contributed by atoms with E-state index in [4.69, 9.17) is 0 Å². The number of rotatable bonds is 4. The maximum atomic E-state index is 13.0. The van der Waals surface area contributed by atoms with Crippen molar-refractivity contribution >= 4 is 27.5 Å². The van der Waals surface area contributed by atoms with Crippen molar-refractivity contribution in [2.45, 2.75) is 81.7 Å². The second-order valence-corrected chi connectivity index (χ2v) is 10.6. The van der Waals surface area contributed by atoms with Crippen LogP contribution >= 0.6 is 0 Å². The largest absolute Gasteiger partial charge is 0.352 e. The van der Waals surface area contributed by atoms with E-state index in [2.05, 4.69) is 5.32 Å². The average molecular weight is 434 g/mol. The van der Waals surface area contributed by atoms with E-state index in [0.29, 0.717) is 25.2 Å². The van der Waals surface area contributed by atoms with Crippen molar-refractivity contribution in [2.24, 2.45) is 0 Å². The highest BCUT2D eigenvalue weighted by atomic mass is 32.2. The van der Waals surface area contributed by atoms with Crippen molar-refractivity contribution in [1.29, 1.82) is 0 Å². The number of nitrogens with one attached hydrogen (secondary N) is 1. The van der Waals surface area contributed by atoms with Gasteiger partial charge in [0.1, 0.15) is 6.04 Å². The van der Waals surface area contributed by atoms with Crippen LogP contribution < -0.4 is 10.2 Å². The number of fused-ring (bicyclic) bond motifs is 1. The lowest BCUT2D eigenvalue weighted by molar-refractivity contribution is -0.126. The SMILES string of the molecule is CC(=O)N1c2ccc(S(=O)(=O)N3CCCCC3)cc2CC1C(=O)NC1CCCCC1. The van der Waals surface area contributed by atoms with Crippen LogP contribution in [-0.2, 0) is 26.0 Å². The third-order valence-electron chi connectivity index (χ3n) is 6.58. The van der Waals surface area contributed by atoms with Crippen LogP contribution in [0.1, 0.15) is 63.9 Å². The smallest absolute Gasteiger partial charge is 0.243 e. The minimum Gasteiger partial charge on any atom is -0.352 e. The first-order valence-corrected chi connectivity index (χ1v) is 12.5. The number of piperidine rings is 1. The quantitative estimate of drug-likeness (QED) is 0.791. The van der Waals surface area contributed by atoms with Crippen LogP contribution in [0.3, 0.4) is 0 Å². The lowest BCUT2D eigenvalue weighted by Crippen LogP contribution is -2.50. The number of carbonyl (C=O) groups is 2. The van der Waals surface area contributed by atoms with Crippen LogP contribution in [0.15, 0.2) is 23.1 Å². The molecule has 3 aliphatic rings. The van der Waals surface area contributed by atoms with E-state index in [1.54, 1.807) is 22.5 Å². The number of hydrogen-bond donors (Lipinski definition) is 1. The Labute approximate surface area is 178 Å². The minimum atomic E-state index is -3.55. The van der Waals surface area contributed by atoms with Gasteiger partial charge in [0.2, 0.25) is 21.8 Å². The predicted molar refractivity (Wildman–Crippen MR) is 115 cm³/mol. The van der Waals surface area contributed by atoms with Crippen LogP contribution in [0.4, 0.5) is 5.69 Å². The van der Waals surface area contributed by atoms with Gasteiger partial charge in [-0.1, -0.05) is 25.7 Å². The molecule has 1 atom stereocenters. The zero-order valence-electron chi connectivity index (χ0n) is 17.6. The molecule has 7 nitrogen and oxygen atoms in total. The first kappa shape index (κ1) is 21.3. The van der Waals surface area contributed by atoms with E-state index in [1.165, 1.54) is 18.2 Å². The number of nitrogens with zero attached hydrogens (tertiary/aromatic N) is 2. The Morgan fingerprint density at radius 3 is 2.33 bits per heavy atom. The summed E-state index contributed by atoms with van der Waals surface area (Å²) < 4.78 is 27.6. The maximum absolute atomic E-state index is 13.0. The van der Waals surface area contributed by atoms with Gasteiger partial charge in [0.25, 0.3) is 0 Å². The second kappa shape index (κ2) is 8.67. The van der Waals surface area contributed by atoms with Gasteiger partial charge in [-0.3, -0.25) is 14.5 Å². The van der Waals surface area contributed by atoms with Crippen LogP contribution in [0, 0.1) is 0 Å². The van der Waals surface area contributed by atoms with E-state index < -0.39 is 16.1 Å².